The first-order valence-corrected chi connectivity index (χ1v) is 6.87. The van der Waals surface area contributed by atoms with Gasteiger partial charge in [0.15, 0.2) is 0 Å². The van der Waals surface area contributed by atoms with Crippen molar-refractivity contribution in [1.29, 1.82) is 0 Å². The number of rotatable bonds is 3. The molecule has 3 nitrogen and oxygen atoms in total. The number of methoxy groups -OCH3 is 1. The molecule has 0 saturated carbocycles. The number of pyridine rings is 1. The van der Waals surface area contributed by atoms with Crippen LogP contribution in [0.5, 0.6) is 5.75 Å². The SMILES string of the molecule is COc1ccc2nc(C=Nc3ccc(Cl)cc3)ccc2c1. The zero-order valence-electron chi connectivity index (χ0n) is 11.5. The summed E-state index contributed by atoms with van der Waals surface area (Å²) in [7, 11) is 1.65. The van der Waals surface area contributed by atoms with Gasteiger partial charge in [-0.05, 0) is 48.5 Å². The molecule has 0 N–H and O–H groups in total. The second kappa shape index (κ2) is 5.94. The Morgan fingerprint density at radius 1 is 1.05 bits per heavy atom. The van der Waals surface area contributed by atoms with Crippen LogP contribution >= 0.6 is 11.6 Å². The quantitative estimate of drug-likeness (QED) is 0.659. The van der Waals surface area contributed by atoms with E-state index in [0.29, 0.717) is 5.02 Å². The zero-order valence-corrected chi connectivity index (χ0v) is 12.2. The Bertz CT molecular complexity index is 797. The van der Waals surface area contributed by atoms with Gasteiger partial charge in [-0.15, -0.1) is 0 Å². The number of nitrogens with zero attached hydrogens (tertiary/aromatic N) is 2. The van der Waals surface area contributed by atoms with E-state index in [9.17, 15) is 0 Å². The maximum Gasteiger partial charge on any atom is 0.119 e. The van der Waals surface area contributed by atoms with E-state index < -0.39 is 0 Å². The van der Waals surface area contributed by atoms with Crippen molar-refractivity contribution in [1.82, 2.24) is 4.98 Å². The molecule has 0 fully saturated rings. The number of benzene rings is 2. The van der Waals surface area contributed by atoms with Crippen molar-refractivity contribution < 1.29 is 4.74 Å². The smallest absolute Gasteiger partial charge is 0.119 e. The Labute approximate surface area is 127 Å². The average molecular weight is 297 g/mol. The van der Waals surface area contributed by atoms with E-state index in [-0.39, 0.29) is 0 Å². The van der Waals surface area contributed by atoms with Gasteiger partial charge in [0.05, 0.1) is 30.2 Å². The molecule has 3 aromatic rings. The fraction of sp³-hybridized carbons (Fsp3) is 0.0588. The standard InChI is InChI=1S/C17H13ClN2O/c1-21-16-8-9-17-12(10-16)2-5-15(20-17)11-19-14-6-3-13(18)4-7-14/h2-11H,1H3. The van der Waals surface area contributed by atoms with Gasteiger partial charge in [0.2, 0.25) is 0 Å². The maximum absolute atomic E-state index is 5.84. The maximum atomic E-state index is 5.84. The van der Waals surface area contributed by atoms with Crippen LogP contribution in [0.1, 0.15) is 5.69 Å². The van der Waals surface area contributed by atoms with Gasteiger partial charge in [-0.1, -0.05) is 17.7 Å². The van der Waals surface area contributed by atoms with Gasteiger partial charge in [-0.25, -0.2) is 4.98 Å². The first-order chi connectivity index (χ1) is 10.2. The summed E-state index contributed by atoms with van der Waals surface area (Å²) in [5.41, 5.74) is 2.56. The van der Waals surface area contributed by atoms with Crippen LogP contribution in [0.4, 0.5) is 5.69 Å². The monoisotopic (exact) mass is 296 g/mol. The molecule has 0 radical (unpaired) electrons. The molecular formula is C17H13ClN2O. The van der Waals surface area contributed by atoms with Crippen LogP contribution in [0.3, 0.4) is 0 Å². The van der Waals surface area contributed by atoms with E-state index in [0.717, 1.165) is 28.0 Å². The number of fused-ring (bicyclic) bond motifs is 1. The molecule has 0 aliphatic carbocycles. The van der Waals surface area contributed by atoms with Crippen LogP contribution in [0.2, 0.25) is 5.02 Å². The predicted molar refractivity (Wildman–Crippen MR) is 87.0 cm³/mol. The Balaban J connectivity index is 1.88. The summed E-state index contributed by atoms with van der Waals surface area (Å²) in [6, 6.07) is 17.1. The molecule has 0 bridgehead atoms. The molecule has 104 valence electrons. The molecule has 3 rings (SSSR count). The minimum atomic E-state index is 0.701. The fourth-order valence-corrected chi connectivity index (χ4v) is 2.11. The van der Waals surface area contributed by atoms with E-state index in [2.05, 4.69) is 9.98 Å². The van der Waals surface area contributed by atoms with Crippen LogP contribution in [0.15, 0.2) is 59.6 Å². The average Bonchev–Trinajstić information content (AvgIpc) is 2.53. The van der Waals surface area contributed by atoms with E-state index in [1.54, 1.807) is 13.3 Å². The summed E-state index contributed by atoms with van der Waals surface area (Å²) in [4.78, 5) is 8.94. The van der Waals surface area contributed by atoms with Gasteiger partial charge in [-0.3, -0.25) is 4.99 Å². The van der Waals surface area contributed by atoms with Gasteiger partial charge in [0, 0.05) is 10.4 Å². The highest BCUT2D eigenvalue weighted by molar-refractivity contribution is 6.30. The van der Waals surface area contributed by atoms with Crippen molar-refractivity contribution in [2.24, 2.45) is 4.99 Å². The van der Waals surface area contributed by atoms with E-state index in [4.69, 9.17) is 16.3 Å². The number of hydrogen-bond acceptors (Lipinski definition) is 3. The molecule has 1 heterocycles. The molecule has 21 heavy (non-hydrogen) atoms. The van der Waals surface area contributed by atoms with Crippen molar-refractivity contribution in [3.63, 3.8) is 0 Å². The van der Waals surface area contributed by atoms with Crippen molar-refractivity contribution in [3.8, 4) is 5.75 Å². The van der Waals surface area contributed by atoms with E-state index in [1.807, 2.05) is 54.6 Å². The minimum absolute atomic E-state index is 0.701. The lowest BCUT2D eigenvalue weighted by Crippen LogP contribution is -1.89. The van der Waals surface area contributed by atoms with Crippen LogP contribution in [-0.2, 0) is 0 Å². The van der Waals surface area contributed by atoms with E-state index >= 15 is 0 Å². The van der Waals surface area contributed by atoms with Crippen molar-refractivity contribution in [3.05, 3.63) is 65.3 Å². The second-order valence-corrected chi connectivity index (χ2v) is 4.97. The highest BCUT2D eigenvalue weighted by Gasteiger charge is 1.99. The summed E-state index contributed by atoms with van der Waals surface area (Å²) >= 11 is 5.84. The Morgan fingerprint density at radius 2 is 1.86 bits per heavy atom. The molecule has 0 spiro atoms. The minimum Gasteiger partial charge on any atom is -0.497 e. The molecule has 1 aromatic heterocycles. The van der Waals surface area contributed by atoms with Crippen LogP contribution in [0.25, 0.3) is 10.9 Å². The third kappa shape index (κ3) is 3.20. The normalized spacial score (nSPS) is 11.1. The molecule has 0 aliphatic rings. The summed E-state index contributed by atoms with van der Waals surface area (Å²) in [5, 5.41) is 1.74. The summed E-state index contributed by atoms with van der Waals surface area (Å²) in [5.74, 6) is 0.826. The molecule has 2 aromatic carbocycles. The van der Waals surface area contributed by atoms with E-state index in [1.165, 1.54) is 0 Å². The predicted octanol–water partition coefficient (Wildman–Crippen LogP) is 4.65. The lowest BCUT2D eigenvalue weighted by molar-refractivity contribution is 0.415. The van der Waals surface area contributed by atoms with Gasteiger partial charge in [0.25, 0.3) is 0 Å². The third-order valence-corrected chi connectivity index (χ3v) is 3.34. The fourth-order valence-electron chi connectivity index (χ4n) is 1.99. The number of aliphatic imine (C=N–C) groups is 1. The topological polar surface area (TPSA) is 34.5 Å². The number of hydrogen-bond donors (Lipinski definition) is 0. The molecule has 4 heteroatoms. The van der Waals surface area contributed by atoms with Crippen LogP contribution in [0, 0.1) is 0 Å². The molecule has 0 atom stereocenters. The highest BCUT2D eigenvalue weighted by atomic mass is 35.5. The first-order valence-electron chi connectivity index (χ1n) is 6.49. The lowest BCUT2D eigenvalue weighted by Gasteiger charge is -2.02. The van der Waals surface area contributed by atoms with Crippen molar-refractivity contribution >= 4 is 34.4 Å². The zero-order chi connectivity index (χ0) is 14.7. The molecule has 0 aliphatic heterocycles. The summed E-state index contributed by atoms with van der Waals surface area (Å²) in [6.45, 7) is 0. The van der Waals surface area contributed by atoms with Crippen molar-refractivity contribution in [2.45, 2.75) is 0 Å². The van der Waals surface area contributed by atoms with Crippen LogP contribution < -0.4 is 4.74 Å². The Morgan fingerprint density at radius 3 is 2.62 bits per heavy atom. The number of halogens is 1. The number of ether oxygens (including phenoxy) is 1. The second-order valence-electron chi connectivity index (χ2n) is 4.53. The largest absolute Gasteiger partial charge is 0.497 e. The molecule has 0 unspecified atom stereocenters. The van der Waals surface area contributed by atoms with Gasteiger partial charge < -0.3 is 4.74 Å². The Kier molecular flexibility index (Phi) is 3.84. The summed E-state index contributed by atoms with van der Waals surface area (Å²) < 4.78 is 5.20. The molecule has 0 saturated heterocycles. The van der Waals surface area contributed by atoms with Gasteiger partial charge in [-0.2, -0.15) is 0 Å². The summed E-state index contributed by atoms with van der Waals surface area (Å²) in [6.07, 6.45) is 1.74. The molecule has 0 amide bonds. The Hall–Kier alpha value is -2.39. The van der Waals surface area contributed by atoms with Crippen LogP contribution in [-0.4, -0.2) is 18.3 Å². The third-order valence-electron chi connectivity index (χ3n) is 3.09. The van der Waals surface area contributed by atoms with Crippen molar-refractivity contribution in [2.75, 3.05) is 7.11 Å². The molecular weight excluding hydrogens is 284 g/mol. The number of aromatic nitrogens is 1. The van der Waals surface area contributed by atoms with Gasteiger partial charge >= 0.3 is 0 Å². The highest BCUT2D eigenvalue weighted by Crippen LogP contribution is 2.20. The van der Waals surface area contributed by atoms with Gasteiger partial charge in [0.1, 0.15) is 5.75 Å². The lowest BCUT2D eigenvalue weighted by atomic mass is 10.2. The first kappa shape index (κ1) is 13.6.